The summed E-state index contributed by atoms with van der Waals surface area (Å²) in [6, 6.07) is 6.38. The molecule has 0 radical (unpaired) electrons. The summed E-state index contributed by atoms with van der Waals surface area (Å²) in [4.78, 5) is 26.2. The molecule has 6 heteroatoms. The average molecular weight is 350 g/mol. The molecule has 138 valence electrons. The first-order valence-electron chi connectivity index (χ1n) is 8.66. The first-order valence-corrected chi connectivity index (χ1v) is 8.66. The molecule has 1 atom stereocenters. The van der Waals surface area contributed by atoms with Gasteiger partial charge in [0.05, 0.1) is 11.5 Å². The second-order valence-electron chi connectivity index (χ2n) is 7.14. The van der Waals surface area contributed by atoms with Gasteiger partial charge in [-0.15, -0.1) is 0 Å². The first-order chi connectivity index (χ1) is 11.8. The van der Waals surface area contributed by atoms with Gasteiger partial charge in [-0.1, -0.05) is 12.1 Å². The molecule has 1 aliphatic heterocycles. The standard InChI is InChI=1S/C19H27FN2O3/c1-19(2,25-3)13-21-18(24)15-7-8-17(23)22(12-15)10-9-14-5-4-6-16(20)11-14/h4-6,11,15H,7-10,12-13H2,1-3H3,(H,21,24)/t15-/m0/s1. The van der Waals surface area contributed by atoms with E-state index in [-0.39, 0.29) is 23.5 Å². The van der Waals surface area contributed by atoms with Crippen molar-refractivity contribution in [3.63, 3.8) is 0 Å². The number of hydrogen-bond acceptors (Lipinski definition) is 3. The largest absolute Gasteiger partial charge is 0.377 e. The number of carbonyl (C=O) groups is 2. The van der Waals surface area contributed by atoms with Crippen LogP contribution in [0, 0.1) is 11.7 Å². The Kier molecular flexibility index (Phi) is 6.53. The number of likely N-dealkylation sites (tertiary alicyclic amines) is 1. The lowest BCUT2D eigenvalue weighted by Crippen LogP contribution is -2.48. The van der Waals surface area contributed by atoms with Crippen molar-refractivity contribution in [1.29, 1.82) is 0 Å². The van der Waals surface area contributed by atoms with Crippen LogP contribution in [0.1, 0.15) is 32.3 Å². The maximum absolute atomic E-state index is 13.2. The van der Waals surface area contributed by atoms with E-state index < -0.39 is 5.60 Å². The first kappa shape index (κ1) is 19.4. The Morgan fingerprint density at radius 2 is 2.20 bits per heavy atom. The Hall–Kier alpha value is -1.95. The maximum Gasteiger partial charge on any atom is 0.225 e. The van der Waals surface area contributed by atoms with E-state index in [2.05, 4.69) is 5.32 Å². The normalized spacial score (nSPS) is 18.3. The maximum atomic E-state index is 13.2. The number of halogens is 1. The van der Waals surface area contributed by atoms with Crippen LogP contribution in [-0.2, 0) is 20.7 Å². The van der Waals surface area contributed by atoms with Crippen LogP contribution in [0.15, 0.2) is 24.3 Å². The number of methoxy groups -OCH3 is 1. The molecule has 0 spiro atoms. The van der Waals surface area contributed by atoms with Crippen molar-refractivity contribution in [3.8, 4) is 0 Å². The summed E-state index contributed by atoms with van der Waals surface area (Å²) in [6.07, 6.45) is 1.51. The molecule has 0 bridgehead atoms. The summed E-state index contributed by atoms with van der Waals surface area (Å²) >= 11 is 0. The van der Waals surface area contributed by atoms with Crippen molar-refractivity contribution >= 4 is 11.8 Å². The third kappa shape index (κ3) is 5.81. The molecule has 0 unspecified atom stereocenters. The molecule has 0 aliphatic carbocycles. The highest BCUT2D eigenvalue weighted by Gasteiger charge is 2.30. The SMILES string of the molecule is COC(C)(C)CNC(=O)[C@H]1CCC(=O)N(CCc2cccc(F)c2)C1. The lowest BCUT2D eigenvalue weighted by Gasteiger charge is -2.33. The van der Waals surface area contributed by atoms with E-state index in [1.165, 1.54) is 12.1 Å². The van der Waals surface area contributed by atoms with Gasteiger partial charge in [-0.05, 0) is 44.4 Å². The van der Waals surface area contributed by atoms with Gasteiger partial charge in [0.25, 0.3) is 0 Å². The molecule has 0 aromatic heterocycles. The second-order valence-corrected chi connectivity index (χ2v) is 7.14. The predicted octanol–water partition coefficient (Wildman–Crippen LogP) is 2.15. The van der Waals surface area contributed by atoms with Gasteiger partial charge in [0.1, 0.15) is 5.82 Å². The zero-order valence-corrected chi connectivity index (χ0v) is 15.2. The second kappa shape index (κ2) is 8.43. The van der Waals surface area contributed by atoms with Crippen molar-refractivity contribution in [2.75, 3.05) is 26.7 Å². The third-order valence-corrected chi connectivity index (χ3v) is 4.67. The van der Waals surface area contributed by atoms with E-state index in [4.69, 9.17) is 4.74 Å². The Morgan fingerprint density at radius 3 is 2.88 bits per heavy atom. The van der Waals surface area contributed by atoms with Gasteiger partial charge < -0.3 is 15.0 Å². The fourth-order valence-electron chi connectivity index (χ4n) is 2.82. The van der Waals surface area contributed by atoms with Crippen LogP contribution in [0.3, 0.4) is 0 Å². The monoisotopic (exact) mass is 350 g/mol. The molecular formula is C19H27FN2O3. The molecule has 1 saturated heterocycles. The molecule has 1 aromatic carbocycles. The van der Waals surface area contributed by atoms with Gasteiger partial charge in [-0.3, -0.25) is 9.59 Å². The summed E-state index contributed by atoms with van der Waals surface area (Å²) in [5, 5.41) is 2.91. The highest BCUT2D eigenvalue weighted by atomic mass is 19.1. The van der Waals surface area contributed by atoms with E-state index in [1.54, 1.807) is 18.1 Å². The molecule has 1 heterocycles. The number of nitrogens with zero attached hydrogens (tertiary/aromatic N) is 1. The van der Waals surface area contributed by atoms with Crippen molar-refractivity contribution in [3.05, 3.63) is 35.6 Å². The summed E-state index contributed by atoms with van der Waals surface area (Å²) in [5.41, 5.74) is 0.429. The van der Waals surface area contributed by atoms with E-state index in [0.29, 0.717) is 38.9 Å². The number of hydrogen-bond donors (Lipinski definition) is 1. The molecule has 1 fully saturated rings. The molecule has 1 aliphatic rings. The Bertz CT molecular complexity index is 618. The van der Waals surface area contributed by atoms with Gasteiger partial charge in [0.2, 0.25) is 11.8 Å². The number of benzene rings is 1. The predicted molar refractivity (Wildman–Crippen MR) is 93.5 cm³/mol. The summed E-state index contributed by atoms with van der Waals surface area (Å²) in [5.74, 6) is -0.482. The molecule has 1 N–H and O–H groups in total. The van der Waals surface area contributed by atoms with Crippen molar-refractivity contribution in [2.24, 2.45) is 5.92 Å². The third-order valence-electron chi connectivity index (χ3n) is 4.67. The number of nitrogens with one attached hydrogen (secondary N) is 1. The Morgan fingerprint density at radius 1 is 1.44 bits per heavy atom. The summed E-state index contributed by atoms with van der Waals surface area (Å²) in [6.45, 7) is 5.14. The van der Waals surface area contributed by atoms with Crippen LogP contribution in [-0.4, -0.2) is 49.1 Å². The Balaban J connectivity index is 1.87. The van der Waals surface area contributed by atoms with Gasteiger partial charge in [-0.2, -0.15) is 0 Å². The zero-order chi connectivity index (χ0) is 18.4. The minimum atomic E-state index is -0.419. The highest BCUT2D eigenvalue weighted by molar-refractivity contribution is 5.83. The number of rotatable bonds is 7. The minimum absolute atomic E-state index is 0.0478. The zero-order valence-electron chi connectivity index (χ0n) is 15.2. The summed E-state index contributed by atoms with van der Waals surface area (Å²) < 4.78 is 18.5. The van der Waals surface area contributed by atoms with Gasteiger partial charge in [0, 0.05) is 33.2 Å². The smallest absolute Gasteiger partial charge is 0.225 e. The van der Waals surface area contributed by atoms with Gasteiger partial charge in [-0.25, -0.2) is 4.39 Å². The van der Waals surface area contributed by atoms with Crippen LogP contribution >= 0.6 is 0 Å². The van der Waals surface area contributed by atoms with Crippen LogP contribution in [0.25, 0.3) is 0 Å². The fourth-order valence-corrected chi connectivity index (χ4v) is 2.82. The highest BCUT2D eigenvalue weighted by Crippen LogP contribution is 2.19. The number of piperidine rings is 1. The van der Waals surface area contributed by atoms with Crippen LogP contribution in [0.5, 0.6) is 0 Å². The molecule has 1 aromatic rings. The van der Waals surface area contributed by atoms with Crippen molar-refractivity contribution in [1.82, 2.24) is 10.2 Å². The van der Waals surface area contributed by atoms with Gasteiger partial charge in [0.15, 0.2) is 0 Å². The minimum Gasteiger partial charge on any atom is -0.377 e. The average Bonchev–Trinajstić information content (AvgIpc) is 2.59. The number of ether oxygens (including phenoxy) is 1. The van der Waals surface area contributed by atoms with Gasteiger partial charge >= 0.3 is 0 Å². The quantitative estimate of drug-likeness (QED) is 0.820. The molecule has 2 rings (SSSR count). The van der Waals surface area contributed by atoms with E-state index in [1.807, 2.05) is 19.9 Å². The van der Waals surface area contributed by atoms with Crippen LogP contribution < -0.4 is 5.32 Å². The number of carbonyl (C=O) groups excluding carboxylic acids is 2. The van der Waals surface area contributed by atoms with Crippen molar-refractivity contribution < 1.29 is 18.7 Å². The molecular weight excluding hydrogens is 323 g/mol. The lowest BCUT2D eigenvalue weighted by atomic mass is 9.95. The van der Waals surface area contributed by atoms with Crippen molar-refractivity contribution in [2.45, 2.75) is 38.7 Å². The van der Waals surface area contributed by atoms with Crippen LogP contribution in [0.4, 0.5) is 4.39 Å². The molecule has 0 saturated carbocycles. The van der Waals surface area contributed by atoms with E-state index in [9.17, 15) is 14.0 Å². The fraction of sp³-hybridized carbons (Fsp3) is 0.579. The van der Waals surface area contributed by atoms with E-state index >= 15 is 0 Å². The molecule has 25 heavy (non-hydrogen) atoms. The van der Waals surface area contributed by atoms with Crippen LogP contribution in [0.2, 0.25) is 0 Å². The topological polar surface area (TPSA) is 58.6 Å². The lowest BCUT2D eigenvalue weighted by molar-refractivity contribution is -0.138. The number of amides is 2. The molecule has 2 amide bonds. The van der Waals surface area contributed by atoms with E-state index in [0.717, 1.165) is 5.56 Å². The Labute approximate surface area is 148 Å². The summed E-state index contributed by atoms with van der Waals surface area (Å²) in [7, 11) is 1.61. The molecule has 5 nitrogen and oxygen atoms in total.